The monoisotopic (exact) mass is 310 g/mol. The van der Waals surface area contributed by atoms with Gasteiger partial charge in [-0.05, 0) is 31.5 Å². The zero-order chi connectivity index (χ0) is 16.8. The maximum Gasteiger partial charge on any atom is 0.221 e. The van der Waals surface area contributed by atoms with Gasteiger partial charge in [-0.15, -0.1) is 0 Å². The van der Waals surface area contributed by atoms with Crippen LogP contribution in [-0.2, 0) is 19.4 Å². The van der Waals surface area contributed by atoms with E-state index in [0.717, 1.165) is 11.3 Å². The molecule has 118 valence electrons. The predicted octanol–water partition coefficient (Wildman–Crippen LogP) is 2.54. The van der Waals surface area contributed by atoms with Crippen LogP contribution in [-0.4, -0.2) is 21.5 Å². The first kappa shape index (κ1) is 16.5. The van der Waals surface area contributed by atoms with E-state index in [-0.39, 0.29) is 6.61 Å². The Morgan fingerprint density at radius 3 is 2.30 bits per heavy atom. The van der Waals surface area contributed by atoms with Crippen molar-refractivity contribution in [2.75, 3.05) is 6.61 Å². The van der Waals surface area contributed by atoms with E-state index in [0.29, 0.717) is 42.1 Å². The summed E-state index contributed by atoms with van der Waals surface area (Å²) in [6, 6.07) is 8.76. The summed E-state index contributed by atoms with van der Waals surface area (Å²) in [5.41, 5.74) is 2.48. The van der Waals surface area contributed by atoms with E-state index in [1.54, 1.807) is 16.8 Å². The van der Waals surface area contributed by atoms with Gasteiger partial charge in [-0.25, -0.2) is 4.68 Å². The molecule has 0 bridgehead atoms. The number of nitrogens with zero attached hydrogens (tertiary/aromatic N) is 4. The van der Waals surface area contributed by atoms with Gasteiger partial charge in [0.2, 0.25) is 5.88 Å². The third kappa shape index (κ3) is 3.50. The lowest BCUT2D eigenvalue weighted by Gasteiger charge is -2.10. The van der Waals surface area contributed by atoms with Crippen LogP contribution in [0.15, 0.2) is 18.2 Å². The summed E-state index contributed by atoms with van der Waals surface area (Å²) in [4.78, 5) is 0. The molecule has 0 amide bonds. The van der Waals surface area contributed by atoms with Gasteiger partial charge in [0.15, 0.2) is 0 Å². The average Bonchev–Trinajstić information content (AvgIpc) is 2.91. The molecule has 2 aromatic rings. The number of aryl methyl sites for hydroxylation is 1. The van der Waals surface area contributed by atoms with Crippen molar-refractivity contribution in [1.82, 2.24) is 9.78 Å². The minimum atomic E-state index is 0.0235. The minimum absolute atomic E-state index is 0.0235. The van der Waals surface area contributed by atoms with Gasteiger partial charge in [0.1, 0.15) is 5.75 Å². The SMILES string of the molecule is CCc1c(CCO)nn(CC)c1Oc1cc(C#N)cc(C#N)c1. The van der Waals surface area contributed by atoms with Gasteiger partial charge in [0.05, 0.1) is 29.0 Å². The van der Waals surface area contributed by atoms with Gasteiger partial charge in [0, 0.05) is 25.1 Å². The molecule has 0 spiro atoms. The summed E-state index contributed by atoms with van der Waals surface area (Å²) in [7, 11) is 0. The molecule has 0 radical (unpaired) electrons. The molecule has 0 saturated heterocycles. The van der Waals surface area contributed by atoms with Crippen molar-refractivity contribution in [2.24, 2.45) is 0 Å². The average molecular weight is 310 g/mol. The number of benzene rings is 1. The van der Waals surface area contributed by atoms with Gasteiger partial charge >= 0.3 is 0 Å². The molecule has 1 aromatic heterocycles. The van der Waals surface area contributed by atoms with E-state index in [2.05, 4.69) is 5.10 Å². The molecule has 0 saturated carbocycles. The lowest BCUT2D eigenvalue weighted by molar-refractivity contribution is 0.297. The smallest absolute Gasteiger partial charge is 0.221 e. The van der Waals surface area contributed by atoms with Crippen LogP contribution in [0.2, 0.25) is 0 Å². The summed E-state index contributed by atoms with van der Waals surface area (Å²) in [5, 5.41) is 31.8. The van der Waals surface area contributed by atoms with Crippen molar-refractivity contribution in [3.8, 4) is 23.8 Å². The van der Waals surface area contributed by atoms with Crippen LogP contribution < -0.4 is 4.74 Å². The Labute approximate surface area is 135 Å². The summed E-state index contributed by atoms with van der Waals surface area (Å²) < 4.78 is 7.68. The van der Waals surface area contributed by atoms with Crippen LogP contribution in [0.4, 0.5) is 0 Å². The van der Waals surface area contributed by atoms with Crippen molar-refractivity contribution < 1.29 is 9.84 Å². The van der Waals surface area contributed by atoms with E-state index in [1.807, 2.05) is 26.0 Å². The first-order valence-corrected chi connectivity index (χ1v) is 7.49. The maximum absolute atomic E-state index is 9.18. The summed E-state index contributed by atoms with van der Waals surface area (Å²) >= 11 is 0. The lowest BCUT2D eigenvalue weighted by atomic mass is 10.1. The highest BCUT2D eigenvalue weighted by molar-refractivity contribution is 5.47. The second-order valence-corrected chi connectivity index (χ2v) is 4.95. The number of nitriles is 2. The number of hydrogen-bond donors (Lipinski definition) is 1. The minimum Gasteiger partial charge on any atom is -0.439 e. The first-order valence-electron chi connectivity index (χ1n) is 7.49. The molecule has 0 aliphatic carbocycles. The molecule has 1 N–H and O–H groups in total. The van der Waals surface area contributed by atoms with E-state index in [4.69, 9.17) is 15.3 Å². The van der Waals surface area contributed by atoms with Gasteiger partial charge in [-0.3, -0.25) is 0 Å². The molecular formula is C17H18N4O2. The summed E-state index contributed by atoms with van der Waals surface area (Å²) in [5.74, 6) is 1.03. The second-order valence-electron chi connectivity index (χ2n) is 4.95. The van der Waals surface area contributed by atoms with E-state index in [1.165, 1.54) is 6.07 Å². The predicted molar refractivity (Wildman–Crippen MR) is 84.0 cm³/mol. The number of aliphatic hydroxyl groups is 1. The van der Waals surface area contributed by atoms with Crippen LogP contribution in [0.5, 0.6) is 11.6 Å². The van der Waals surface area contributed by atoms with Gasteiger partial charge in [-0.2, -0.15) is 15.6 Å². The number of ether oxygens (including phenoxy) is 1. The molecule has 0 unspecified atom stereocenters. The number of hydrogen-bond acceptors (Lipinski definition) is 5. The second kappa shape index (κ2) is 7.44. The third-order valence-electron chi connectivity index (χ3n) is 3.46. The molecule has 0 fully saturated rings. The van der Waals surface area contributed by atoms with Crippen LogP contribution in [0.25, 0.3) is 0 Å². The topological polar surface area (TPSA) is 94.9 Å². The quantitative estimate of drug-likeness (QED) is 0.884. The molecule has 0 aliphatic heterocycles. The molecular weight excluding hydrogens is 292 g/mol. The molecule has 1 heterocycles. The Hall–Kier alpha value is -2.83. The first-order chi connectivity index (χ1) is 11.2. The molecule has 6 nitrogen and oxygen atoms in total. The number of aromatic nitrogens is 2. The lowest BCUT2D eigenvalue weighted by Crippen LogP contribution is -2.01. The Morgan fingerprint density at radius 1 is 1.17 bits per heavy atom. The van der Waals surface area contributed by atoms with Crippen molar-refractivity contribution in [3.63, 3.8) is 0 Å². The fourth-order valence-corrected chi connectivity index (χ4v) is 2.42. The highest BCUT2D eigenvalue weighted by Gasteiger charge is 2.18. The highest BCUT2D eigenvalue weighted by Crippen LogP contribution is 2.30. The highest BCUT2D eigenvalue weighted by atomic mass is 16.5. The Bertz CT molecular complexity index is 749. The Morgan fingerprint density at radius 2 is 1.83 bits per heavy atom. The zero-order valence-electron chi connectivity index (χ0n) is 13.2. The molecule has 1 aromatic carbocycles. The van der Waals surface area contributed by atoms with Crippen LogP contribution in [0.3, 0.4) is 0 Å². The third-order valence-corrected chi connectivity index (χ3v) is 3.46. The van der Waals surface area contributed by atoms with Crippen molar-refractivity contribution >= 4 is 0 Å². The van der Waals surface area contributed by atoms with E-state index in [9.17, 15) is 5.11 Å². The van der Waals surface area contributed by atoms with Crippen molar-refractivity contribution in [1.29, 1.82) is 10.5 Å². The van der Waals surface area contributed by atoms with Gasteiger partial charge < -0.3 is 9.84 Å². The van der Waals surface area contributed by atoms with E-state index >= 15 is 0 Å². The Balaban J connectivity index is 2.47. The molecule has 23 heavy (non-hydrogen) atoms. The zero-order valence-corrected chi connectivity index (χ0v) is 13.2. The van der Waals surface area contributed by atoms with Crippen LogP contribution >= 0.6 is 0 Å². The maximum atomic E-state index is 9.18. The molecule has 0 atom stereocenters. The largest absolute Gasteiger partial charge is 0.439 e. The van der Waals surface area contributed by atoms with Gasteiger partial charge in [0.25, 0.3) is 0 Å². The standard InChI is InChI=1S/C17H18N4O2/c1-3-15-16(5-6-22)20-21(4-2)17(15)23-14-8-12(10-18)7-13(9-14)11-19/h7-9,22H,3-6H2,1-2H3. The Kier molecular flexibility index (Phi) is 5.35. The summed E-state index contributed by atoms with van der Waals surface area (Å²) in [6.07, 6.45) is 1.18. The molecule has 0 aliphatic rings. The van der Waals surface area contributed by atoms with Crippen LogP contribution in [0, 0.1) is 22.7 Å². The fourth-order valence-electron chi connectivity index (χ4n) is 2.42. The fraction of sp³-hybridized carbons (Fsp3) is 0.353. The molecule has 6 heteroatoms. The summed E-state index contributed by atoms with van der Waals surface area (Å²) in [6.45, 7) is 4.60. The van der Waals surface area contributed by atoms with E-state index < -0.39 is 0 Å². The molecule has 2 rings (SSSR count). The van der Waals surface area contributed by atoms with Gasteiger partial charge in [-0.1, -0.05) is 6.92 Å². The van der Waals surface area contributed by atoms with Crippen molar-refractivity contribution in [3.05, 3.63) is 40.6 Å². The van der Waals surface area contributed by atoms with Crippen LogP contribution in [0.1, 0.15) is 36.2 Å². The number of rotatable bonds is 6. The van der Waals surface area contributed by atoms with Crippen molar-refractivity contribution in [2.45, 2.75) is 33.2 Å². The number of aliphatic hydroxyl groups excluding tert-OH is 1. The normalized spacial score (nSPS) is 10.1.